The van der Waals surface area contributed by atoms with Crippen molar-refractivity contribution in [2.75, 3.05) is 0 Å². The minimum Gasteiger partial charge on any atom is -0.258 e. The molecule has 1 aromatic carbocycles. The average molecular weight is 295 g/mol. The summed E-state index contributed by atoms with van der Waals surface area (Å²) in [5.41, 5.74) is -0.251. The van der Waals surface area contributed by atoms with Crippen LogP contribution in [-0.2, 0) is 10.0 Å². The second-order valence-electron chi connectivity index (χ2n) is 2.85. The van der Waals surface area contributed by atoms with Crippen LogP contribution < -0.4 is 5.14 Å². The summed E-state index contributed by atoms with van der Waals surface area (Å²) in [6.07, 6.45) is 0. The lowest BCUT2D eigenvalue weighted by Gasteiger charge is -2.04. The summed E-state index contributed by atoms with van der Waals surface area (Å²) in [6.45, 7) is 1.34. The molecule has 0 saturated heterocycles. The first-order valence-electron chi connectivity index (χ1n) is 3.71. The molecule has 0 aromatic heterocycles. The predicted octanol–water partition coefficient (Wildman–Crippen LogP) is 1.31. The standard InChI is InChI=1S/C7H7BrN2O4S/c1-4-6(10(11)12)2-5(8)3-7(4)15(9,13)14/h2-3H,1H3,(H2,9,13,14). The van der Waals surface area contributed by atoms with Gasteiger partial charge in [0.15, 0.2) is 0 Å². The van der Waals surface area contributed by atoms with Gasteiger partial charge < -0.3 is 0 Å². The Kier molecular flexibility index (Phi) is 3.12. The SMILES string of the molecule is Cc1c([N+](=O)[O-])cc(Br)cc1S(N)(=O)=O. The Hall–Kier alpha value is -0.990. The number of halogens is 1. The zero-order valence-electron chi connectivity index (χ0n) is 7.60. The van der Waals surface area contributed by atoms with Crippen LogP contribution in [0, 0.1) is 17.0 Å². The maximum atomic E-state index is 11.1. The van der Waals surface area contributed by atoms with Crippen molar-refractivity contribution in [2.24, 2.45) is 5.14 Å². The third-order valence-electron chi connectivity index (χ3n) is 1.80. The molecule has 8 heteroatoms. The average Bonchev–Trinajstić information content (AvgIpc) is 2.06. The van der Waals surface area contributed by atoms with E-state index in [0.29, 0.717) is 4.47 Å². The minimum atomic E-state index is -3.95. The van der Waals surface area contributed by atoms with Gasteiger partial charge in [-0.05, 0) is 13.0 Å². The fraction of sp³-hybridized carbons (Fsp3) is 0.143. The molecule has 0 bridgehead atoms. The molecule has 6 nitrogen and oxygen atoms in total. The summed E-state index contributed by atoms with van der Waals surface area (Å²) in [5.74, 6) is 0. The lowest BCUT2D eigenvalue weighted by Crippen LogP contribution is -2.14. The molecular weight excluding hydrogens is 288 g/mol. The second-order valence-corrected chi connectivity index (χ2v) is 5.30. The van der Waals surface area contributed by atoms with E-state index >= 15 is 0 Å². The molecule has 0 heterocycles. The molecule has 2 N–H and O–H groups in total. The number of rotatable bonds is 2. The van der Waals surface area contributed by atoms with Crippen LogP contribution in [0.1, 0.15) is 5.56 Å². The highest BCUT2D eigenvalue weighted by Gasteiger charge is 2.21. The van der Waals surface area contributed by atoms with Crippen molar-refractivity contribution >= 4 is 31.6 Å². The van der Waals surface area contributed by atoms with E-state index in [0.717, 1.165) is 0 Å². The van der Waals surface area contributed by atoms with Gasteiger partial charge in [0.25, 0.3) is 5.69 Å². The van der Waals surface area contributed by atoms with E-state index in [1.807, 2.05) is 0 Å². The number of primary sulfonamides is 1. The number of benzene rings is 1. The Labute approximate surface area is 94.4 Å². The quantitative estimate of drug-likeness (QED) is 0.656. The third kappa shape index (κ3) is 2.52. The molecule has 0 unspecified atom stereocenters. The van der Waals surface area contributed by atoms with Crippen LogP contribution >= 0.6 is 15.9 Å². The normalized spacial score (nSPS) is 11.4. The van der Waals surface area contributed by atoms with E-state index in [4.69, 9.17) is 5.14 Å². The minimum absolute atomic E-state index is 0.0331. The van der Waals surface area contributed by atoms with Gasteiger partial charge in [-0.1, -0.05) is 15.9 Å². The van der Waals surface area contributed by atoms with Gasteiger partial charge in [-0.3, -0.25) is 10.1 Å². The molecule has 0 amide bonds. The van der Waals surface area contributed by atoms with E-state index in [-0.39, 0.29) is 16.1 Å². The van der Waals surface area contributed by atoms with Crippen molar-refractivity contribution in [1.82, 2.24) is 0 Å². The zero-order chi connectivity index (χ0) is 11.8. The maximum Gasteiger partial charge on any atom is 0.274 e. The van der Waals surface area contributed by atoms with Crippen LogP contribution in [0.4, 0.5) is 5.69 Å². The monoisotopic (exact) mass is 294 g/mol. The number of hydrogen-bond acceptors (Lipinski definition) is 4. The summed E-state index contributed by atoms with van der Waals surface area (Å²) in [6, 6.07) is 2.46. The van der Waals surface area contributed by atoms with Crippen molar-refractivity contribution < 1.29 is 13.3 Å². The first kappa shape index (κ1) is 12.1. The highest BCUT2D eigenvalue weighted by molar-refractivity contribution is 9.10. The number of nitrogens with zero attached hydrogens (tertiary/aromatic N) is 1. The molecule has 0 atom stereocenters. The molecule has 0 spiro atoms. The van der Waals surface area contributed by atoms with Gasteiger partial charge in [0.05, 0.1) is 9.82 Å². The van der Waals surface area contributed by atoms with Gasteiger partial charge in [-0.2, -0.15) is 0 Å². The lowest BCUT2D eigenvalue weighted by atomic mass is 10.2. The van der Waals surface area contributed by atoms with Crippen molar-refractivity contribution in [3.8, 4) is 0 Å². The number of sulfonamides is 1. The molecule has 0 aliphatic heterocycles. The van der Waals surface area contributed by atoms with Gasteiger partial charge in [-0.25, -0.2) is 13.6 Å². The maximum absolute atomic E-state index is 11.1. The zero-order valence-corrected chi connectivity index (χ0v) is 10.0. The van der Waals surface area contributed by atoms with Crippen LogP contribution in [0.25, 0.3) is 0 Å². The summed E-state index contributed by atoms with van der Waals surface area (Å²) in [5, 5.41) is 15.5. The van der Waals surface area contributed by atoms with E-state index < -0.39 is 14.9 Å². The van der Waals surface area contributed by atoms with Gasteiger partial charge >= 0.3 is 0 Å². The number of nitro benzene ring substituents is 1. The molecule has 1 rings (SSSR count). The van der Waals surface area contributed by atoms with Gasteiger partial charge in [0.2, 0.25) is 10.0 Å². The van der Waals surface area contributed by atoms with Crippen LogP contribution in [0.3, 0.4) is 0 Å². The summed E-state index contributed by atoms with van der Waals surface area (Å²) < 4.78 is 22.5. The molecule has 0 saturated carbocycles. The third-order valence-corrected chi connectivity index (χ3v) is 3.30. The molecule has 0 aliphatic carbocycles. The molecule has 82 valence electrons. The number of hydrogen-bond donors (Lipinski definition) is 1. The van der Waals surface area contributed by atoms with Crippen LogP contribution in [0.2, 0.25) is 0 Å². The smallest absolute Gasteiger partial charge is 0.258 e. The topological polar surface area (TPSA) is 103 Å². The Morgan fingerprint density at radius 1 is 1.47 bits per heavy atom. The van der Waals surface area contributed by atoms with Gasteiger partial charge in [0.1, 0.15) is 0 Å². The first-order valence-corrected chi connectivity index (χ1v) is 6.04. The van der Waals surface area contributed by atoms with Crippen molar-refractivity contribution in [1.29, 1.82) is 0 Å². The molecule has 0 fully saturated rings. The Morgan fingerprint density at radius 2 is 2.00 bits per heavy atom. The summed E-state index contributed by atoms with van der Waals surface area (Å²) in [7, 11) is -3.95. The van der Waals surface area contributed by atoms with Crippen molar-refractivity contribution in [3.05, 3.63) is 32.3 Å². The summed E-state index contributed by atoms with van der Waals surface area (Å²) >= 11 is 2.98. The molecule has 15 heavy (non-hydrogen) atoms. The van der Waals surface area contributed by atoms with E-state index in [1.54, 1.807) is 0 Å². The first-order chi connectivity index (χ1) is 6.73. The van der Waals surface area contributed by atoms with E-state index in [9.17, 15) is 18.5 Å². The van der Waals surface area contributed by atoms with E-state index in [2.05, 4.69) is 15.9 Å². The fourth-order valence-corrected chi connectivity index (χ4v) is 2.55. The van der Waals surface area contributed by atoms with Crippen LogP contribution in [-0.4, -0.2) is 13.3 Å². The van der Waals surface area contributed by atoms with Gasteiger partial charge in [-0.15, -0.1) is 0 Å². The fourth-order valence-electron chi connectivity index (χ4n) is 1.13. The number of nitro groups is 1. The second kappa shape index (κ2) is 3.87. The largest absolute Gasteiger partial charge is 0.274 e. The number of nitrogens with two attached hydrogens (primary N) is 1. The Morgan fingerprint density at radius 3 is 2.40 bits per heavy atom. The Bertz CT molecular complexity index is 526. The lowest BCUT2D eigenvalue weighted by molar-refractivity contribution is -0.385. The Balaban J connectivity index is 3.63. The highest BCUT2D eigenvalue weighted by atomic mass is 79.9. The molecular formula is C7H7BrN2O4S. The highest BCUT2D eigenvalue weighted by Crippen LogP contribution is 2.28. The molecule has 0 radical (unpaired) electrons. The van der Waals surface area contributed by atoms with Crippen LogP contribution in [0.5, 0.6) is 0 Å². The van der Waals surface area contributed by atoms with E-state index in [1.165, 1.54) is 19.1 Å². The predicted molar refractivity (Wildman–Crippen MR) is 56.9 cm³/mol. The molecule has 0 aliphatic rings. The summed E-state index contributed by atoms with van der Waals surface area (Å²) in [4.78, 5) is 9.70. The van der Waals surface area contributed by atoms with Crippen molar-refractivity contribution in [3.63, 3.8) is 0 Å². The molecule has 1 aromatic rings. The van der Waals surface area contributed by atoms with Crippen molar-refractivity contribution in [2.45, 2.75) is 11.8 Å². The van der Waals surface area contributed by atoms with Crippen LogP contribution in [0.15, 0.2) is 21.5 Å². The van der Waals surface area contributed by atoms with Gasteiger partial charge in [0, 0.05) is 16.1 Å².